The van der Waals surface area contributed by atoms with Crippen molar-refractivity contribution in [3.05, 3.63) is 34.9 Å². The van der Waals surface area contributed by atoms with E-state index in [0.29, 0.717) is 18.1 Å². The summed E-state index contributed by atoms with van der Waals surface area (Å²) in [6, 6.07) is 7.44. The van der Waals surface area contributed by atoms with Crippen LogP contribution in [0.1, 0.15) is 43.4 Å². The fraction of sp³-hybridized carbons (Fsp3) is 0.667. The van der Waals surface area contributed by atoms with Crippen molar-refractivity contribution in [2.45, 2.75) is 59.1 Å². The molecule has 1 aliphatic rings. The Bertz CT molecular complexity index is 409. The zero-order chi connectivity index (χ0) is 14.5. The number of aryl methyl sites for hydroxylation is 2. The normalized spacial score (nSPS) is 24.0. The van der Waals surface area contributed by atoms with Crippen molar-refractivity contribution in [1.82, 2.24) is 5.32 Å². The van der Waals surface area contributed by atoms with Crippen molar-refractivity contribution in [1.29, 1.82) is 0 Å². The van der Waals surface area contributed by atoms with Crippen LogP contribution >= 0.6 is 0 Å². The summed E-state index contributed by atoms with van der Waals surface area (Å²) >= 11 is 0. The first-order valence-electron chi connectivity index (χ1n) is 8.02. The SMILES string of the molecule is CCCNC(Cc1cc(C)cc(C)c1)C1CCOC1C. The Labute approximate surface area is 123 Å². The summed E-state index contributed by atoms with van der Waals surface area (Å²) in [4.78, 5) is 0. The lowest BCUT2D eigenvalue weighted by Gasteiger charge is -2.27. The summed E-state index contributed by atoms with van der Waals surface area (Å²) in [5.41, 5.74) is 4.19. The zero-order valence-electron chi connectivity index (χ0n) is 13.4. The van der Waals surface area contributed by atoms with Crippen molar-refractivity contribution in [3.63, 3.8) is 0 Å². The molecule has 2 heteroatoms. The number of hydrogen-bond donors (Lipinski definition) is 1. The van der Waals surface area contributed by atoms with Crippen molar-refractivity contribution < 1.29 is 4.74 Å². The van der Waals surface area contributed by atoms with Crippen LogP contribution in [0.4, 0.5) is 0 Å². The van der Waals surface area contributed by atoms with Gasteiger partial charge in [-0.15, -0.1) is 0 Å². The highest BCUT2D eigenvalue weighted by Crippen LogP contribution is 2.26. The minimum atomic E-state index is 0.385. The molecule has 1 N–H and O–H groups in total. The highest BCUT2D eigenvalue weighted by atomic mass is 16.5. The van der Waals surface area contributed by atoms with Crippen LogP contribution < -0.4 is 5.32 Å². The van der Waals surface area contributed by atoms with Gasteiger partial charge in [0.15, 0.2) is 0 Å². The van der Waals surface area contributed by atoms with Crippen LogP contribution in [0.25, 0.3) is 0 Å². The van der Waals surface area contributed by atoms with Gasteiger partial charge in [0.2, 0.25) is 0 Å². The van der Waals surface area contributed by atoms with Crippen LogP contribution in [0.5, 0.6) is 0 Å². The van der Waals surface area contributed by atoms with E-state index in [2.05, 4.69) is 51.2 Å². The van der Waals surface area contributed by atoms with E-state index < -0.39 is 0 Å². The molecule has 112 valence electrons. The summed E-state index contributed by atoms with van der Waals surface area (Å²) in [6.45, 7) is 10.8. The largest absolute Gasteiger partial charge is 0.378 e. The van der Waals surface area contributed by atoms with Crippen molar-refractivity contribution in [2.75, 3.05) is 13.2 Å². The van der Waals surface area contributed by atoms with E-state index in [-0.39, 0.29) is 0 Å². The van der Waals surface area contributed by atoms with Crippen LogP contribution in [0.15, 0.2) is 18.2 Å². The number of nitrogens with one attached hydrogen (secondary N) is 1. The van der Waals surface area contributed by atoms with Gasteiger partial charge in [-0.05, 0) is 52.1 Å². The zero-order valence-corrected chi connectivity index (χ0v) is 13.4. The molecule has 3 unspecified atom stereocenters. The maximum atomic E-state index is 5.77. The lowest BCUT2D eigenvalue weighted by atomic mass is 9.88. The van der Waals surface area contributed by atoms with Gasteiger partial charge in [0.25, 0.3) is 0 Å². The molecule has 0 bridgehead atoms. The van der Waals surface area contributed by atoms with Gasteiger partial charge in [-0.3, -0.25) is 0 Å². The van der Waals surface area contributed by atoms with E-state index in [0.717, 1.165) is 19.6 Å². The predicted molar refractivity (Wildman–Crippen MR) is 85.2 cm³/mol. The van der Waals surface area contributed by atoms with Gasteiger partial charge in [0, 0.05) is 18.6 Å². The molecule has 0 radical (unpaired) electrons. The number of rotatable bonds is 6. The first kappa shape index (κ1) is 15.5. The molecule has 1 fully saturated rings. The van der Waals surface area contributed by atoms with E-state index in [9.17, 15) is 0 Å². The summed E-state index contributed by atoms with van der Waals surface area (Å²) in [5.74, 6) is 0.641. The maximum Gasteiger partial charge on any atom is 0.0590 e. The highest BCUT2D eigenvalue weighted by Gasteiger charge is 2.31. The van der Waals surface area contributed by atoms with Crippen LogP contribution in [0.2, 0.25) is 0 Å². The molecule has 1 aromatic rings. The Morgan fingerprint density at radius 1 is 1.25 bits per heavy atom. The second-order valence-corrected chi connectivity index (χ2v) is 6.29. The van der Waals surface area contributed by atoms with E-state index in [4.69, 9.17) is 4.74 Å². The smallest absolute Gasteiger partial charge is 0.0590 e. The van der Waals surface area contributed by atoms with Gasteiger partial charge in [-0.2, -0.15) is 0 Å². The Hall–Kier alpha value is -0.860. The third-order valence-electron chi connectivity index (χ3n) is 4.35. The molecule has 0 saturated carbocycles. The van der Waals surface area contributed by atoms with Gasteiger partial charge in [-0.25, -0.2) is 0 Å². The molecule has 0 amide bonds. The van der Waals surface area contributed by atoms with Crippen LogP contribution in [0.3, 0.4) is 0 Å². The lowest BCUT2D eigenvalue weighted by Crippen LogP contribution is -2.41. The summed E-state index contributed by atoms with van der Waals surface area (Å²) < 4.78 is 5.77. The topological polar surface area (TPSA) is 21.3 Å². The highest BCUT2D eigenvalue weighted by molar-refractivity contribution is 5.29. The summed E-state index contributed by atoms with van der Waals surface area (Å²) in [6.07, 6.45) is 3.87. The molecule has 0 aliphatic carbocycles. The molecule has 1 aromatic carbocycles. The Balaban J connectivity index is 2.09. The van der Waals surface area contributed by atoms with E-state index in [1.807, 2.05) is 0 Å². The van der Waals surface area contributed by atoms with E-state index >= 15 is 0 Å². The molecule has 2 rings (SSSR count). The molecule has 1 saturated heterocycles. The third-order valence-corrected chi connectivity index (χ3v) is 4.35. The molecule has 20 heavy (non-hydrogen) atoms. The van der Waals surface area contributed by atoms with Crippen LogP contribution in [0, 0.1) is 19.8 Å². The number of benzene rings is 1. The fourth-order valence-electron chi connectivity index (χ4n) is 3.42. The van der Waals surface area contributed by atoms with Crippen molar-refractivity contribution in [2.24, 2.45) is 5.92 Å². The van der Waals surface area contributed by atoms with E-state index in [1.165, 1.54) is 29.5 Å². The first-order valence-corrected chi connectivity index (χ1v) is 8.02. The summed E-state index contributed by atoms with van der Waals surface area (Å²) in [7, 11) is 0. The molecule has 0 aromatic heterocycles. The monoisotopic (exact) mass is 275 g/mol. The lowest BCUT2D eigenvalue weighted by molar-refractivity contribution is 0.0954. The second kappa shape index (κ2) is 7.24. The van der Waals surface area contributed by atoms with Gasteiger partial charge in [0.05, 0.1) is 6.10 Å². The van der Waals surface area contributed by atoms with E-state index in [1.54, 1.807) is 0 Å². The Morgan fingerprint density at radius 2 is 1.95 bits per heavy atom. The molecule has 1 aliphatic heterocycles. The van der Waals surface area contributed by atoms with Crippen LogP contribution in [-0.4, -0.2) is 25.3 Å². The Morgan fingerprint density at radius 3 is 2.50 bits per heavy atom. The Kier molecular flexibility index (Phi) is 5.62. The van der Waals surface area contributed by atoms with Gasteiger partial charge < -0.3 is 10.1 Å². The molecule has 3 atom stereocenters. The first-order chi connectivity index (χ1) is 9.60. The minimum Gasteiger partial charge on any atom is -0.378 e. The molecule has 1 heterocycles. The van der Waals surface area contributed by atoms with Gasteiger partial charge in [0.1, 0.15) is 0 Å². The molecular formula is C18H29NO. The van der Waals surface area contributed by atoms with Crippen molar-refractivity contribution in [3.8, 4) is 0 Å². The maximum absolute atomic E-state index is 5.77. The van der Waals surface area contributed by atoms with Gasteiger partial charge >= 0.3 is 0 Å². The fourth-order valence-corrected chi connectivity index (χ4v) is 3.42. The van der Waals surface area contributed by atoms with Crippen LogP contribution in [-0.2, 0) is 11.2 Å². The van der Waals surface area contributed by atoms with Crippen molar-refractivity contribution >= 4 is 0 Å². The summed E-state index contributed by atoms with van der Waals surface area (Å²) in [5, 5.41) is 3.75. The number of hydrogen-bond acceptors (Lipinski definition) is 2. The molecule has 0 spiro atoms. The quantitative estimate of drug-likeness (QED) is 0.856. The number of ether oxygens (including phenoxy) is 1. The standard InChI is InChI=1S/C18H29NO/c1-5-7-19-18(17-6-8-20-15(17)4)12-16-10-13(2)9-14(3)11-16/h9-11,15,17-19H,5-8,12H2,1-4H3. The molecule has 2 nitrogen and oxygen atoms in total. The second-order valence-electron chi connectivity index (χ2n) is 6.29. The van der Waals surface area contributed by atoms with Gasteiger partial charge in [-0.1, -0.05) is 36.2 Å². The average Bonchev–Trinajstić information content (AvgIpc) is 2.79. The minimum absolute atomic E-state index is 0.385. The third kappa shape index (κ3) is 4.07. The molecular weight excluding hydrogens is 246 g/mol. The predicted octanol–water partition coefficient (Wildman–Crippen LogP) is 3.64. The average molecular weight is 275 g/mol.